The molecule has 0 aliphatic carbocycles. The van der Waals surface area contributed by atoms with Crippen LogP contribution in [0.5, 0.6) is 0 Å². The lowest BCUT2D eigenvalue weighted by Crippen LogP contribution is -2.53. The molecule has 28 heavy (non-hydrogen) atoms. The third-order valence-corrected chi connectivity index (χ3v) is 6.30. The van der Waals surface area contributed by atoms with Gasteiger partial charge in [-0.15, -0.1) is 0 Å². The summed E-state index contributed by atoms with van der Waals surface area (Å²) in [6.45, 7) is 9.91. The van der Waals surface area contributed by atoms with Crippen LogP contribution in [0.25, 0.3) is 0 Å². The van der Waals surface area contributed by atoms with E-state index in [9.17, 15) is 9.18 Å². The molecule has 2 atom stereocenters. The number of benzene rings is 1. The Bertz CT molecular complexity index is 873. The van der Waals surface area contributed by atoms with Crippen LogP contribution >= 0.6 is 0 Å². The number of fused-ring (bicyclic) bond motifs is 1. The molecule has 2 fully saturated rings. The quantitative estimate of drug-likeness (QED) is 0.803. The number of halogens is 1. The Morgan fingerprint density at radius 1 is 1.25 bits per heavy atom. The van der Waals surface area contributed by atoms with Crippen molar-refractivity contribution < 1.29 is 9.18 Å². The van der Waals surface area contributed by atoms with E-state index in [1.807, 2.05) is 36.9 Å². The molecule has 0 bridgehead atoms. The second-order valence-corrected chi connectivity index (χ2v) is 8.62. The second kappa shape index (κ2) is 6.90. The summed E-state index contributed by atoms with van der Waals surface area (Å²) < 4.78 is 15.3. The molecule has 1 aromatic heterocycles. The zero-order valence-electron chi connectivity index (χ0n) is 17.2. The monoisotopic (exact) mass is 384 g/mol. The van der Waals surface area contributed by atoms with Gasteiger partial charge < -0.3 is 9.80 Å². The standard InChI is InChI=1S/C22H29FN4O/c1-5-25-14-18(15(2)24-25)21(28)26-12-6-7-19-20(26)13-22(3,4)27(19)17-10-8-16(23)9-11-17/h8-11,14,19-20H,5-7,12-13H2,1-4H3/t19-,20-/m0/s1. The van der Waals surface area contributed by atoms with Crippen molar-refractivity contribution in [1.82, 2.24) is 14.7 Å². The summed E-state index contributed by atoms with van der Waals surface area (Å²) in [6, 6.07) is 7.16. The van der Waals surface area contributed by atoms with Crippen LogP contribution < -0.4 is 4.90 Å². The molecule has 150 valence electrons. The Labute approximate surface area is 166 Å². The lowest BCUT2D eigenvalue weighted by atomic mass is 9.93. The van der Waals surface area contributed by atoms with Gasteiger partial charge in [-0.05, 0) is 71.2 Å². The number of anilines is 1. The maximum absolute atomic E-state index is 13.4. The number of hydrogen-bond acceptors (Lipinski definition) is 3. The van der Waals surface area contributed by atoms with E-state index in [0.717, 1.165) is 43.7 Å². The first-order valence-corrected chi connectivity index (χ1v) is 10.2. The highest BCUT2D eigenvalue weighted by Gasteiger charge is 2.50. The maximum Gasteiger partial charge on any atom is 0.257 e. The first-order valence-electron chi connectivity index (χ1n) is 10.2. The highest BCUT2D eigenvalue weighted by Crippen LogP contribution is 2.44. The second-order valence-electron chi connectivity index (χ2n) is 8.62. The van der Waals surface area contributed by atoms with Crippen molar-refractivity contribution in [2.24, 2.45) is 0 Å². The number of piperidine rings is 1. The van der Waals surface area contributed by atoms with Crippen molar-refractivity contribution in [2.45, 2.75) is 71.1 Å². The summed E-state index contributed by atoms with van der Waals surface area (Å²) in [6.07, 6.45) is 4.80. The van der Waals surface area contributed by atoms with Crippen LogP contribution in [0.1, 0.15) is 56.1 Å². The molecule has 1 amide bonds. The van der Waals surface area contributed by atoms with Gasteiger partial charge in [-0.1, -0.05) is 0 Å². The molecular weight excluding hydrogens is 355 g/mol. The van der Waals surface area contributed by atoms with E-state index < -0.39 is 0 Å². The molecular formula is C22H29FN4O. The highest BCUT2D eigenvalue weighted by molar-refractivity contribution is 5.95. The highest BCUT2D eigenvalue weighted by atomic mass is 19.1. The number of likely N-dealkylation sites (tertiary alicyclic amines) is 1. The third kappa shape index (κ3) is 3.09. The molecule has 0 spiro atoms. The van der Waals surface area contributed by atoms with Gasteiger partial charge in [0.05, 0.1) is 23.3 Å². The molecule has 0 unspecified atom stereocenters. The smallest absolute Gasteiger partial charge is 0.257 e. The lowest BCUT2D eigenvalue weighted by molar-refractivity contribution is 0.0604. The number of carbonyl (C=O) groups excluding carboxylic acids is 1. The Morgan fingerprint density at radius 2 is 1.96 bits per heavy atom. The van der Waals surface area contributed by atoms with E-state index >= 15 is 0 Å². The van der Waals surface area contributed by atoms with Gasteiger partial charge in [0.1, 0.15) is 5.82 Å². The molecule has 6 heteroatoms. The molecule has 0 saturated carbocycles. The van der Waals surface area contributed by atoms with E-state index in [2.05, 4.69) is 28.7 Å². The van der Waals surface area contributed by atoms with Crippen molar-refractivity contribution in [1.29, 1.82) is 0 Å². The van der Waals surface area contributed by atoms with Crippen LogP contribution in [0.3, 0.4) is 0 Å². The van der Waals surface area contributed by atoms with Gasteiger partial charge in [-0.2, -0.15) is 5.10 Å². The summed E-state index contributed by atoms with van der Waals surface area (Å²) in [5, 5.41) is 4.45. The summed E-state index contributed by atoms with van der Waals surface area (Å²) in [7, 11) is 0. The fourth-order valence-corrected chi connectivity index (χ4v) is 5.08. The number of rotatable bonds is 3. The minimum atomic E-state index is -0.221. The molecule has 5 nitrogen and oxygen atoms in total. The van der Waals surface area contributed by atoms with Gasteiger partial charge in [-0.3, -0.25) is 9.48 Å². The first-order chi connectivity index (χ1) is 13.3. The van der Waals surface area contributed by atoms with Crippen LogP contribution in [-0.4, -0.2) is 44.8 Å². The Balaban J connectivity index is 1.65. The summed E-state index contributed by atoms with van der Waals surface area (Å²) >= 11 is 0. The predicted molar refractivity (Wildman–Crippen MR) is 108 cm³/mol. The van der Waals surface area contributed by atoms with E-state index in [1.54, 1.807) is 0 Å². The minimum absolute atomic E-state index is 0.0867. The average Bonchev–Trinajstić information content (AvgIpc) is 3.17. The summed E-state index contributed by atoms with van der Waals surface area (Å²) in [5.41, 5.74) is 2.43. The molecule has 4 rings (SSSR count). The van der Waals surface area contributed by atoms with Gasteiger partial charge in [0, 0.05) is 30.5 Å². The SMILES string of the molecule is CCn1cc(C(=O)N2CCC[C@H]3[C@@H]2CC(C)(C)N3c2ccc(F)cc2)c(C)n1. The van der Waals surface area contributed by atoms with Crippen molar-refractivity contribution in [2.75, 3.05) is 11.4 Å². The largest absolute Gasteiger partial charge is 0.361 e. The summed E-state index contributed by atoms with van der Waals surface area (Å²) in [4.78, 5) is 17.9. The number of hydrogen-bond donors (Lipinski definition) is 0. The fourth-order valence-electron chi connectivity index (χ4n) is 5.08. The normalized spacial score (nSPS) is 23.8. The third-order valence-electron chi connectivity index (χ3n) is 6.30. The van der Waals surface area contributed by atoms with Gasteiger partial charge >= 0.3 is 0 Å². The van der Waals surface area contributed by atoms with E-state index in [-0.39, 0.29) is 29.3 Å². The van der Waals surface area contributed by atoms with Crippen LogP contribution in [-0.2, 0) is 6.54 Å². The van der Waals surface area contributed by atoms with Crippen molar-refractivity contribution in [3.05, 3.63) is 47.5 Å². The number of aryl methyl sites for hydroxylation is 2. The van der Waals surface area contributed by atoms with Crippen molar-refractivity contribution >= 4 is 11.6 Å². The van der Waals surface area contributed by atoms with Crippen LogP contribution in [0.15, 0.2) is 30.5 Å². The number of nitrogens with zero attached hydrogens (tertiary/aromatic N) is 4. The number of aromatic nitrogens is 2. The Morgan fingerprint density at radius 3 is 2.61 bits per heavy atom. The molecule has 2 aliphatic rings. The lowest BCUT2D eigenvalue weighted by Gasteiger charge is -2.42. The van der Waals surface area contributed by atoms with E-state index in [1.165, 1.54) is 12.1 Å². The Hall–Kier alpha value is -2.37. The van der Waals surface area contributed by atoms with Crippen LogP contribution in [0.4, 0.5) is 10.1 Å². The molecule has 3 heterocycles. The fraction of sp³-hybridized carbons (Fsp3) is 0.545. The molecule has 0 radical (unpaired) electrons. The van der Waals surface area contributed by atoms with Crippen LogP contribution in [0, 0.1) is 12.7 Å². The topological polar surface area (TPSA) is 41.4 Å². The zero-order chi connectivity index (χ0) is 20.1. The predicted octanol–water partition coefficient (Wildman–Crippen LogP) is 4.01. The first kappa shape index (κ1) is 19.0. The van der Waals surface area contributed by atoms with Crippen molar-refractivity contribution in [3.8, 4) is 0 Å². The Kier molecular flexibility index (Phi) is 4.68. The van der Waals surface area contributed by atoms with Gasteiger partial charge in [0.2, 0.25) is 0 Å². The van der Waals surface area contributed by atoms with E-state index in [0.29, 0.717) is 5.56 Å². The van der Waals surface area contributed by atoms with Crippen LogP contribution in [0.2, 0.25) is 0 Å². The zero-order valence-corrected chi connectivity index (χ0v) is 17.2. The number of amides is 1. The van der Waals surface area contributed by atoms with Gasteiger partial charge in [0.25, 0.3) is 5.91 Å². The molecule has 2 aromatic rings. The minimum Gasteiger partial charge on any atom is -0.361 e. The van der Waals surface area contributed by atoms with Gasteiger partial charge in [-0.25, -0.2) is 4.39 Å². The molecule has 0 N–H and O–H groups in total. The van der Waals surface area contributed by atoms with Gasteiger partial charge in [0.15, 0.2) is 0 Å². The molecule has 2 aliphatic heterocycles. The van der Waals surface area contributed by atoms with Crippen molar-refractivity contribution in [3.63, 3.8) is 0 Å². The summed E-state index contributed by atoms with van der Waals surface area (Å²) in [5.74, 6) is -0.134. The maximum atomic E-state index is 13.4. The average molecular weight is 384 g/mol. The molecule has 1 aromatic carbocycles. The van der Waals surface area contributed by atoms with E-state index in [4.69, 9.17) is 0 Å². The molecule has 2 saturated heterocycles. The number of carbonyl (C=O) groups is 1.